The van der Waals surface area contributed by atoms with Gasteiger partial charge in [0.05, 0.1) is 16.8 Å². The lowest BCUT2D eigenvalue weighted by molar-refractivity contribution is -0.117. The summed E-state index contributed by atoms with van der Waals surface area (Å²) in [7, 11) is 0. The summed E-state index contributed by atoms with van der Waals surface area (Å²) in [6, 6.07) is 6.03. The number of nitrogens with one attached hydrogen (secondary N) is 2. The number of benzene rings is 1. The number of carbonyl (C=O) groups excluding carboxylic acids is 3. The second-order valence-corrected chi connectivity index (χ2v) is 6.46. The van der Waals surface area contributed by atoms with E-state index in [0.29, 0.717) is 5.02 Å². The number of nitriles is 1. The van der Waals surface area contributed by atoms with Gasteiger partial charge in [0.1, 0.15) is 5.69 Å². The van der Waals surface area contributed by atoms with Gasteiger partial charge >= 0.3 is 0 Å². The van der Waals surface area contributed by atoms with Crippen LogP contribution in [0.2, 0.25) is 10.0 Å². The Balaban J connectivity index is 2.16. The zero-order valence-electron chi connectivity index (χ0n) is 12.7. The van der Waals surface area contributed by atoms with Crippen LogP contribution in [0.25, 0.3) is 0 Å². The van der Waals surface area contributed by atoms with Crippen molar-refractivity contribution in [1.29, 1.82) is 5.26 Å². The van der Waals surface area contributed by atoms with E-state index < -0.39 is 17.6 Å². The Morgan fingerprint density at radius 1 is 1.28 bits per heavy atom. The molecule has 10 heteroatoms. The monoisotopic (exact) mass is 396 g/mol. The Bertz CT molecular complexity index is 891. The average Bonchev–Trinajstić information content (AvgIpc) is 2.98. The molecule has 2 amide bonds. The van der Waals surface area contributed by atoms with Gasteiger partial charge in [0, 0.05) is 17.3 Å². The molecule has 1 atom stereocenters. The van der Waals surface area contributed by atoms with E-state index in [2.05, 4.69) is 15.6 Å². The molecule has 0 aliphatic rings. The molecule has 128 valence electrons. The van der Waals surface area contributed by atoms with E-state index in [1.807, 2.05) is 0 Å². The highest BCUT2D eigenvalue weighted by Crippen LogP contribution is 2.26. The van der Waals surface area contributed by atoms with Crippen molar-refractivity contribution in [2.45, 2.75) is 6.92 Å². The van der Waals surface area contributed by atoms with Crippen molar-refractivity contribution < 1.29 is 14.4 Å². The topological polar surface area (TPSA) is 112 Å². The van der Waals surface area contributed by atoms with Crippen LogP contribution < -0.4 is 10.6 Å². The standard InChI is InChI=1S/C15H10Cl2N4O3S/c1-7(22)19-15-21-12(6-25-15)13(23)9(5-18)14(24)20-11-3-2-8(16)4-10(11)17/h2-4,6,9H,1H3,(H,20,24)(H,19,21,22). The summed E-state index contributed by atoms with van der Waals surface area (Å²) in [5, 5.41) is 16.1. The number of carbonyl (C=O) groups is 3. The molecule has 2 N–H and O–H groups in total. The predicted octanol–water partition coefficient (Wildman–Crippen LogP) is 3.37. The molecule has 2 rings (SSSR count). The lowest BCUT2D eigenvalue weighted by Crippen LogP contribution is -2.29. The lowest BCUT2D eigenvalue weighted by Gasteiger charge is -2.10. The summed E-state index contributed by atoms with van der Waals surface area (Å²) >= 11 is 12.7. The Morgan fingerprint density at radius 3 is 2.60 bits per heavy atom. The van der Waals surface area contributed by atoms with Crippen LogP contribution >= 0.6 is 34.5 Å². The van der Waals surface area contributed by atoms with E-state index in [9.17, 15) is 19.6 Å². The number of ketones is 1. The zero-order chi connectivity index (χ0) is 18.6. The summed E-state index contributed by atoms with van der Waals surface area (Å²) in [4.78, 5) is 39.5. The number of nitrogens with zero attached hydrogens (tertiary/aromatic N) is 2. The molecular formula is C15H10Cl2N4O3S. The molecule has 0 radical (unpaired) electrons. The first-order chi connectivity index (χ1) is 11.8. The van der Waals surface area contributed by atoms with Crippen LogP contribution in [0, 0.1) is 17.2 Å². The number of anilines is 2. The van der Waals surface area contributed by atoms with Crippen molar-refractivity contribution >= 4 is 63.0 Å². The van der Waals surface area contributed by atoms with Gasteiger partial charge in [-0.2, -0.15) is 5.26 Å². The molecular weight excluding hydrogens is 387 g/mol. The fourth-order valence-electron chi connectivity index (χ4n) is 1.77. The molecule has 1 unspecified atom stereocenters. The smallest absolute Gasteiger partial charge is 0.249 e. The molecule has 0 aliphatic heterocycles. The molecule has 0 spiro atoms. The van der Waals surface area contributed by atoms with Crippen LogP contribution in [-0.2, 0) is 9.59 Å². The fraction of sp³-hybridized carbons (Fsp3) is 0.133. The highest BCUT2D eigenvalue weighted by atomic mass is 35.5. The molecule has 7 nitrogen and oxygen atoms in total. The molecule has 2 aromatic rings. The van der Waals surface area contributed by atoms with Crippen molar-refractivity contribution in [3.63, 3.8) is 0 Å². The normalized spacial score (nSPS) is 11.3. The van der Waals surface area contributed by atoms with Gasteiger partial charge in [-0.25, -0.2) is 4.98 Å². The largest absolute Gasteiger partial charge is 0.323 e. The number of Topliss-reactive ketones (excluding diaryl/α,β-unsaturated/α-hetero) is 1. The Labute approximate surface area is 156 Å². The van der Waals surface area contributed by atoms with Gasteiger partial charge in [0.25, 0.3) is 0 Å². The minimum atomic E-state index is -1.61. The molecule has 0 fully saturated rings. The summed E-state index contributed by atoms with van der Waals surface area (Å²) < 4.78 is 0. The van der Waals surface area contributed by atoms with E-state index in [0.717, 1.165) is 11.3 Å². The third-order valence-electron chi connectivity index (χ3n) is 2.88. The first-order valence-electron chi connectivity index (χ1n) is 6.74. The van der Waals surface area contributed by atoms with Gasteiger partial charge in [-0.1, -0.05) is 23.2 Å². The molecule has 1 aromatic heterocycles. The zero-order valence-corrected chi connectivity index (χ0v) is 15.0. The first-order valence-corrected chi connectivity index (χ1v) is 8.38. The van der Waals surface area contributed by atoms with Gasteiger partial charge in [-0.05, 0) is 18.2 Å². The molecule has 25 heavy (non-hydrogen) atoms. The van der Waals surface area contributed by atoms with Crippen LogP contribution in [-0.4, -0.2) is 22.6 Å². The number of hydrogen-bond acceptors (Lipinski definition) is 6. The summed E-state index contributed by atoms with van der Waals surface area (Å²) in [6.07, 6.45) is 0. The van der Waals surface area contributed by atoms with Gasteiger partial charge in [-0.15, -0.1) is 11.3 Å². The molecule has 0 saturated carbocycles. The second-order valence-electron chi connectivity index (χ2n) is 4.76. The Morgan fingerprint density at radius 2 is 2.00 bits per heavy atom. The van der Waals surface area contributed by atoms with Crippen molar-refractivity contribution in [2.75, 3.05) is 10.6 Å². The number of rotatable bonds is 5. The Hall–Kier alpha value is -2.47. The highest BCUT2D eigenvalue weighted by Gasteiger charge is 2.30. The number of halogens is 2. The van der Waals surface area contributed by atoms with Crippen molar-refractivity contribution in [3.8, 4) is 6.07 Å². The number of amides is 2. The quantitative estimate of drug-likeness (QED) is 0.594. The van der Waals surface area contributed by atoms with E-state index in [-0.39, 0.29) is 27.4 Å². The van der Waals surface area contributed by atoms with Crippen molar-refractivity contribution in [2.24, 2.45) is 5.92 Å². The third-order valence-corrected chi connectivity index (χ3v) is 4.19. The SMILES string of the molecule is CC(=O)Nc1nc(C(=O)C(C#N)C(=O)Nc2ccc(Cl)cc2Cl)cs1. The predicted molar refractivity (Wildman–Crippen MR) is 94.9 cm³/mol. The molecule has 0 bridgehead atoms. The molecule has 0 saturated heterocycles. The number of aromatic nitrogens is 1. The van der Waals surface area contributed by atoms with E-state index in [1.165, 1.54) is 30.5 Å². The first kappa shape index (κ1) is 18.9. The number of thiazole rings is 1. The van der Waals surface area contributed by atoms with Gasteiger partial charge in [0.15, 0.2) is 11.0 Å². The fourth-order valence-corrected chi connectivity index (χ4v) is 2.98. The molecule has 0 aliphatic carbocycles. The minimum Gasteiger partial charge on any atom is -0.323 e. The maximum Gasteiger partial charge on any atom is 0.249 e. The van der Waals surface area contributed by atoms with Crippen LogP contribution in [0.3, 0.4) is 0 Å². The second kappa shape index (κ2) is 8.07. The average molecular weight is 397 g/mol. The van der Waals surface area contributed by atoms with E-state index in [1.54, 1.807) is 6.07 Å². The number of hydrogen-bond donors (Lipinski definition) is 2. The van der Waals surface area contributed by atoms with Gasteiger partial charge in [0.2, 0.25) is 17.6 Å². The van der Waals surface area contributed by atoms with Crippen LogP contribution in [0.4, 0.5) is 10.8 Å². The summed E-state index contributed by atoms with van der Waals surface area (Å²) in [5.74, 6) is -3.58. The maximum absolute atomic E-state index is 12.3. The van der Waals surface area contributed by atoms with Crippen LogP contribution in [0.5, 0.6) is 0 Å². The third kappa shape index (κ3) is 4.76. The Kier molecular flexibility index (Phi) is 6.09. The van der Waals surface area contributed by atoms with Crippen molar-refractivity contribution in [3.05, 3.63) is 39.3 Å². The van der Waals surface area contributed by atoms with Gasteiger partial charge < -0.3 is 10.6 Å². The van der Waals surface area contributed by atoms with Crippen LogP contribution in [0.1, 0.15) is 17.4 Å². The summed E-state index contributed by atoms with van der Waals surface area (Å²) in [5.41, 5.74) is 0.138. The minimum absolute atomic E-state index is 0.0855. The van der Waals surface area contributed by atoms with Gasteiger partial charge in [-0.3, -0.25) is 14.4 Å². The maximum atomic E-state index is 12.3. The van der Waals surface area contributed by atoms with Crippen molar-refractivity contribution in [1.82, 2.24) is 4.98 Å². The molecule has 1 heterocycles. The van der Waals surface area contributed by atoms with E-state index in [4.69, 9.17) is 23.2 Å². The summed E-state index contributed by atoms with van der Waals surface area (Å²) in [6.45, 7) is 1.30. The lowest BCUT2D eigenvalue weighted by atomic mass is 10.0. The van der Waals surface area contributed by atoms with Crippen LogP contribution in [0.15, 0.2) is 23.6 Å². The van der Waals surface area contributed by atoms with E-state index >= 15 is 0 Å². The highest BCUT2D eigenvalue weighted by molar-refractivity contribution is 7.14. The molecule has 1 aromatic carbocycles.